The van der Waals surface area contributed by atoms with Crippen LogP contribution in [0.3, 0.4) is 0 Å². The SMILES string of the molecule is CC(CNCc1nc2ccccc2c(=O)[nH]1)S(C)=O. The molecule has 0 spiro atoms. The number of nitrogens with zero attached hydrogens (tertiary/aromatic N) is 1. The predicted octanol–water partition coefficient (Wildman–Crippen LogP) is 0.780. The van der Waals surface area contributed by atoms with Crippen molar-refractivity contribution in [3.63, 3.8) is 0 Å². The summed E-state index contributed by atoms with van der Waals surface area (Å²) in [4.78, 5) is 19.0. The number of nitrogens with one attached hydrogen (secondary N) is 2. The lowest BCUT2D eigenvalue weighted by Crippen LogP contribution is -2.28. The molecule has 0 aliphatic heterocycles. The fourth-order valence-electron chi connectivity index (χ4n) is 1.73. The van der Waals surface area contributed by atoms with Gasteiger partial charge >= 0.3 is 0 Å². The highest BCUT2D eigenvalue weighted by Crippen LogP contribution is 2.05. The van der Waals surface area contributed by atoms with E-state index in [2.05, 4.69) is 15.3 Å². The van der Waals surface area contributed by atoms with Crippen LogP contribution < -0.4 is 10.9 Å². The van der Waals surface area contributed by atoms with Crippen molar-refractivity contribution < 1.29 is 4.21 Å². The normalized spacial score (nSPS) is 14.4. The molecule has 2 aromatic rings. The maximum atomic E-state index is 11.8. The fraction of sp³-hybridized carbons (Fsp3) is 0.385. The first kappa shape index (κ1) is 13.9. The van der Waals surface area contributed by atoms with E-state index in [1.54, 1.807) is 12.3 Å². The molecule has 2 N–H and O–H groups in total. The van der Waals surface area contributed by atoms with Gasteiger partial charge in [0, 0.05) is 28.9 Å². The molecule has 102 valence electrons. The summed E-state index contributed by atoms with van der Waals surface area (Å²) >= 11 is 0. The van der Waals surface area contributed by atoms with Gasteiger partial charge in [0.25, 0.3) is 5.56 Å². The number of rotatable bonds is 5. The van der Waals surface area contributed by atoms with Gasteiger partial charge in [-0.25, -0.2) is 4.98 Å². The molecule has 0 fully saturated rings. The number of hydrogen-bond acceptors (Lipinski definition) is 4. The molecule has 0 saturated heterocycles. The van der Waals surface area contributed by atoms with Crippen molar-refractivity contribution in [1.82, 2.24) is 15.3 Å². The fourth-order valence-corrected chi connectivity index (χ4v) is 2.08. The molecule has 5 nitrogen and oxygen atoms in total. The van der Waals surface area contributed by atoms with E-state index in [1.165, 1.54) is 0 Å². The van der Waals surface area contributed by atoms with Gasteiger partial charge in [-0.2, -0.15) is 0 Å². The molecule has 1 heterocycles. The third kappa shape index (κ3) is 3.48. The van der Waals surface area contributed by atoms with Gasteiger partial charge in [-0.15, -0.1) is 0 Å². The van der Waals surface area contributed by atoms with E-state index in [-0.39, 0.29) is 10.8 Å². The van der Waals surface area contributed by atoms with Crippen molar-refractivity contribution in [3.8, 4) is 0 Å². The van der Waals surface area contributed by atoms with Gasteiger partial charge in [0.1, 0.15) is 5.82 Å². The first-order chi connectivity index (χ1) is 9.08. The molecule has 6 heteroatoms. The molecule has 0 saturated carbocycles. The van der Waals surface area contributed by atoms with Gasteiger partial charge in [-0.1, -0.05) is 12.1 Å². The van der Waals surface area contributed by atoms with Crippen molar-refractivity contribution in [2.24, 2.45) is 0 Å². The lowest BCUT2D eigenvalue weighted by atomic mass is 10.2. The Morgan fingerprint density at radius 1 is 1.42 bits per heavy atom. The van der Waals surface area contributed by atoms with E-state index >= 15 is 0 Å². The standard InChI is InChI=1S/C13H17N3O2S/c1-9(19(2)18)7-14-8-12-15-11-6-4-3-5-10(11)13(17)16-12/h3-6,9,14H,7-8H2,1-2H3,(H,15,16,17). The zero-order valence-electron chi connectivity index (χ0n) is 11.0. The molecular formula is C13H17N3O2S. The predicted molar refractivity (Wildman–Crippen MR) is 77.6 cm³/mol. The van der Waals surface area contributed by atoms with Crippen LogP contribution in [0.5, 0.6) is 0 Å². The van der Waals surface area contributed by atoms with E-state index in [4.69, 9.17) is 0 Å². The number of aromatic nitrogens is 2. The summed E-state index contributed by atoms with van der Waals surface area (Å²) in [6.45, 7) is 3.00. The average molecular weight is 279 g/mol. The summed E-state index contributed by atoms with van der Waals surface area (Å²) in [5.74, 6) is 0.595. The zero-order chi connectivity index (χ0) is 13.8. The van der Waals surface area contributed by atoms with E-state index < -0.39 is 10.8 Å². The zero-order valence-corrected chi connectivity index (χ0v) is 11.8. The second kappa shape index (κ2) is 6.08. The maximum absolute atomic E-state index is 11.8. The Hall–Kier alpha value is -1.53. The molecule has 2 unspecified atom stereocenters. The number of hydrogen-bond donors (Lipinski definition) is 2. The molecule has 1 aromatic carbocycles. The lowest BCUT2D eigenvalue weighted by molar-refractivity contribution is 0.634. The minimum Gasteiger partial charge on any atom is -0.309 e. The van der Waals surface area contributed by atoms with Crippen molar-refractivity contribution in [2.75, 3.05) is 12.8 Å². The molecule has 19 heavy (non-hydrogen) atoms. The summed E-state index contributed by atoms with van der Waals surface area (Å²) < 4.78 is 11.2. The van der Waals surface area contributed by atoms with E-state index in [0.29, 0.717) is 29.8 Å². The summed E-state index contributed by atoms with van der Waals surface area (Å²) in [7, 11) is -0.850. The first-order valence-electron chi connectivity index (χ1n) is 6.09. The highest BCUT2D eigenvalue weighted by atomic mass is 32.2. The maximum Gasteiger partial charge on any atom is 0.258 e. The highest BCUT2D eigenvalue weighted by molar-refractivity contribution is 7.84. The summed E-state index contributed by atoms with van der Waals surface area (Å²) in [6, 6.07) is 7.24. The number of benzene rings is 1. The van der Waals surface area contributed by atoms with Crippen molar-refractivity contribution in [2.45, 2.75) is 18.7 Å². The largest absolute Gasteiger partial charge is 0.309 e. The van der Waals surface area contributed by atoms with Crippen LogP contribution >= 0.6 is 0 Å². The Labute approximate surface area is 113 Å². The van der Waals surface area contributed by atoms with Gasteiger partial charge in [0.15, 0.2) is 0 Å². The van der Waals surface area contributed by atoms with E-state index in [0.717, 1.165) is 0 Å². The Morgan fingerprint density at radius 3 is 2.89 bits per heavy atom. The minimum absolute atomic E-state index is 0.0761. The monoisotopic (exact) mass is 279 g/mol. The second-order valence-electron chi connectivity index (χ2n) is 4.47. The Bertz CT molecular complexity index is 654. The molecule has 0 aliphatic carbocycles. The van der Waals surface area contributed by atoms with Crippen LogP contribution in [0.15, 0.2) is 29.1 Å². The smallest absolute Gasteiger partial charge is 0.258 e. The van der Waals surface area contributed by atoms with Crippen LogP contribution in [0.25, 0.3) is 10.9 Å². The first-order valence-corrected chi connectivity index (χ1v) is 7.71. The van der Waals surface area contributed by atoms with Crippen molar-refractivity contribution in [1.29, 1.82) is 0 Å². The van der Waals surface area contributed by atoms with Gasteiger partial charge < -0.3 is 10.3 Å². The van der Waals surface area contributed by atoms with Crippen LogP contribution in [-0.2, 0) is 17.3 Å². The molecular weight excluding hydrogens is 262 g/mol. The summed E-state index contributed by atoms with van der Waals surface area (Å²) in [5.41, 5.74) is 0.560. The molecule has 0 bridgehead atoms. The van der Waals surface area contributed by atoms with Crippen LogP contribution in [0.4, 0.5) is 0 Å². The van der Waals surface area contributed by atoms with Crippen molar-refractivity contribution >= 4 is 21.7 Å². The summed E-state index contributed by atoms with van der Waals surface area (Å²) in [5, 5.41) is 3.82. The van der Waals surface area contributed by atoms with Crippen molar-refractivity contribution in [3.05, 3.63) is 40.4 Å². The molecule has 0 amide bonds. The Balaban J connectivity index is 2.09. The number of H-pyrrole nitrogens is 1. The van der Waals surface area contributed by atoms with Gasteiger partial charge in [-0.3, -0.25) is 9.00 Å². The Kier molecular flexibility index (Phi) is 4.44. The van der Waals surface area contributed by atoms with Gasteiger partial charge in [-0.05, 0) is 19.1 Å². The quantitative estimate of drug-likeness (QED) is 0.848. The molecule has 0 radical (unpaired) electrons. The highest BCUT2D eigenvalue weighted by Gasteiger charge is 2.06. The lowest BCUT2D eigenvalue weighted by Gasteiger charge is -2.09. The van der Waals surface area contributed by atoms with Gasteiger partial charge in [0.2, 0.25) is 0 Å². The third-order valence-corrected chi connectivity index (χ3v) is 4.25. The minimum atomic E-state index is -0.850. The molecule has 0 aliphatic rings. The average Bonchev–Trinajstić information content (AvgIpc) is 2.38. The molecule has 2 rings (SSSR count). The number of aromatic amines is 1. The number of para-hydroxylation sites is 1. The molecule has 2 atom stereocenters. The van der Waals surface area contributed by atoms with E-state index in [1.807, 2.05) is 25.1 Å². The number of fused-ring (bicyclic) bond motifs is 1. The van der Waals surface area contributed by atoms with E-state index in [9.17, 15) is 9.00 Å². The topological polar surface area (TPSA) is 74.8 Å². The summed E-state index contributed by atoms with van der Waals surface area (Å²) in [6.07, 6.45) is 1.68. The van der Waals surface area contributed by atoms with Crippen LogP contribution in [0.1, 0.15) is 12.7 Å². The van der Waals surface area contributed by atoms with Gasteiger partial charge in [0.05, 0.1) is 17.4 Å². The van der Waals surface area contributed by atoms with Crippen LogP contribution in [-0.4, -0.2) is 32.2 Å². The third-order valence-electron chi connectivity index (χ3n) is 2.95. The van der Waals surface area contributed by atoms with Crippen LogP contribution in [0, 0.1) is 0 Å². The second-order valence-corrected chi connectivity index (χ2v) is 6.27. The van der Waals surface area contributed by atoms with Crippen LogP contribution in [0.2, 0.25) is 0 Å². The molecule has 1 aromatic heterocycles. The Morgan fingerprint density at radius 2 is 2.16 bits per heavy atom.